The van der Waals surface area contributed by atoms with Gasteiger partial charge in [-0.1, -0.05) is 0 Å². The lowest BCUT2D eigenvalue weighted by Crippen LogP contribution is -2.38. The van der Waals surface area contributed by atoms with Gasteiger partial charge in [-0.2, -0.15) is 0 Å². The zero-order chi connectivity index (χ0) is 17.7. The van der Waals surface area contributed by atoms with Gasteiger partial charge in [0.05, 0.1) is 38.5 Å². The first kappa shape index (κ1) is 18.1. The number of carbonyl (C=O) groups excluding carboxylic acids is 2. The van der Waals surface area contributed by atoms with Crippen molar-refractivity contribution in [2.45, 2.75) is 19.4 Å². The molecule has 2 rings (SSSR count). The van der Waals surface area contributed by atoms with Crippen molar-refractivity contribution in [1.82, 2.24) is 4.90 Å². The van der Waals surface area contributed by atoms with Crippen molar-refractivity contribution in [2.75, 3.05) is 39.8 Å². The Kier molecular flexibility index (Phi) is 6.03. The van der Waals surface area contributed by atoms with Crippen molar-refractivity contribution < 1.29 is 23.8 Å². The van der Waals surface area contributed by atoms with Crippen molar-refractivity contribution in [2.24, 2.45) is 5.92 Å². The number of ether oxygens (including phenoxy) is 3. The van der Waals surface area contributed by atoms with Crippen molar-refractivity contribution in [3.05, 3.63) is 18.2 Å². The van der Waals surface area contributed by atoms with Crippen molar-refractivity contribution in [3.63, 3.8) is 0 Å². The number of anilines is 1. The number of benzene rings is 1. The van der Waals surface area contributed by atoms with E-state index in [1.807, 2.05) is 6.92 Å². The fraction of sp³-hybridized carbons (Fsp3) is 0.529. The van der Waals surface area contributed by atoms with Crippen LogP contribution in [0.4, 0.5) is 5.69 Å². The molecule has 1 aromatic rings. The van der Waals surface area contributed by atoms with Crippen LogP contribution < -0.4 is 14.8 Å². The minimum absolute atomic E-state index is 0.0265. The maximum atomic E-state index is 12.5. The number of nitrogens with one attached hydrogen (secondary N) is 1. The zero-order valence-corrected chi connectivity index (χ0v) is 14.5. The van der Waals surface area contributed by atoms with Crippen LogP contribution in [0.1, 0.15) is 13.3 Å². The molecule has 7 heteroatoms. The van der Waals surface area contributed by atoms with E-state index in [4.69, 9.17) is 14.2 Å². The number of amides is 2. The van der Waals surface area contributed by atoms with Gasteiger partial charge in [0.15, 0.2) is 0 Å². The second kappa shape index (κ2) is 8.01. The molecule has 1 aliphatic heterocycles. The van der Waals surface area contributed by atoms with E-state index in [1.54, 1.807) is 37.3 Å². The molecule has 0 spiro atoms. The highest BCUT2D eigenvalue weighted by atomic mass is 16.5. The van der Waals surface area contributed by atoms with Crippen LogP contribution in [0.15, 0.2) is 18.2 Å². The predicted octanol–water partition coefficient (Wildman–Crippen LogP) is 1.53. The van der Waals surface area contributed by atoms with Gasteiger partial charge in [-0.15, -0.1) is 0 Å². The fourth-order valence-corrected chi connectivity index (χ4v) is 2.80. The van der Waals surface area contributed by atoms with E-state index in [0.29, 0.717) is 30.3 Å². The van der Waals surface area contributed by atoms with Gasteiger partial charge in [-0.05, 0) is 19.1 Å². The van der Waals surface area contributed by atoms with Gasteiger partial charge in [0.2, 0.25) is 11.8 Å². The summed E-state index contributed by atoms with van der Waals surface area (Å²) in [5.41, 5.74) is 0.555. The number of nitrogens with zero attached hydrogens (tertiary/aromatic N) is 1. The number of rotatable bonds is 7. The monoisotopic (exact) mass is 336 g/mol. The average Bonchev–Trinajstić information content (AvgIpc) is 2.97. The molecule has 2 atom stereocenters. The Morgan fingerprint density at radius 2 is 2.08 bits per heavy atom. The lowest BCUT2D eigenvalue weighted by Gasteiger charge is -2.24. The molecular weight excluding hydrogens is 312 g/mol. The lowest BCUT2D eigenvalue weighted by molar-refractivity contribution is -0.130. The number of methoxy groups -OCH3 is 3. The SMILES string of the molecule is COC[C@H](C)N1C[C@H](C(=O)Nc2ccc(OC)cc2OC)CC1=O. The average molecular weight is 336 g/mol. The molecule has 0 saturated carbocycles. The molecule has 1 aliphatic rings. The van der Waals surface area contributed by atoms with Crippen LogP contribution in [0, 0.1) is 5.92 Å². The number of hydrogen-bond donors (Lipinski definition) is 1. The summed E-state index contributed by atoms with van der Waals surface area (Å²) in [4.78, 5) is 26.3. The molecule has 132 valence electrons. The lowest BCUT2D eigenvalue weighted by atomic mass is 10.1. The molecule has 1 aromatic carbocycles. The third-order valence-electron chi connectivity index (χ3n) is 4.14. The number of carbonyl (C=O) groups is 2. The summed E-state index contributed by atoms with van der Waals surface area (Å²) in [6.07, 6.45) is 0.207. The number of hydrogen-bond acceptors (Lipinski definition) is 5. The van der Waals surface area contributed by atoms with Gasteiger partial charge >= 0.3 is 0 Å². The second-order valence-electron chi connectivity index (χ2n) is 5.81. The van der Waals surface area contributed by atoms with Gasteiger partial charge in [0, 0.05) is 26.1 Å². The maximum absolute atomic E-state index is 12.5. The Hall–Kier alpha value is -2.28. The highest BCUT2D eigenvalue weighted by Gasteiger charge is 2.36. The third kappa shape index (κ3) is 3.97. The Morgan fingerprint density at radius 3 is 2.71 bits per heavy atom. The normalized spacial score (nSPS) is 18.4. The molecular formula is C17H24N2O5. The summed E-state index contributed by atoms with van der Waals surface area (Å²) in [5, 5.41) is 2.84. The predicted molar refractivity (Wildman–Crippen MR) is 89.3 cm³/mol. The Balaban J connectivity index is 2.04. The third-order valence-corrected chi connectivity index (χ3v) is 4.14. The van der Waals surface area contributed by atoms with Crippen LogP contribution in [0.5, 0.6) is 11.5 Å². The van der Waals surface area contributed by atoms with Gasteiger partial charge in [-0.3, -0.25) is 9.59 Å². The summed E-state index contributed by atoms with van der Waals surface area (Å²) >= 11 is 0. The van der Waals surface area contributed by atoms with Crippen molar-refractivity contribution in [1.29, 1.82) is 0 Å². The van der Waals surface area contributed by atoms with Gasteiger partial charge in [0.1, 0.15) is 11.5 Å². The van der Waals surface area contributed by atoms with Crippen LogP contribution in [-0.2, 0) is 14.3 Å². The van der Waals surface area contributed by atoms with E-state index < -0.39 is 0 Å². The molecule has 1 saturated heterocycles. The molecule has 0 bridgehead atoms. The Bertz CT molecular complexity index is 605. The molecule has 1 N–H and O–H groups in total. The molecule has 1 fully saturated rings. The van der Waals surface area contributed by atoms with Crippen molar-refractivity contribution in [3.8, 4) is 11.5 Å². The van der Waals surface area contributed by atoms with E-state index in [-0.39, 0.29) is 30.2 Å². The molecule has 0 unspecified atom stereocenters. The van der Waals surface area contributed by atoms with Crippen LogP contribution in [-0.4, -0.2) is 57.2 Å². The molecule has 0 radical (unpaired) electrons. The largest absolute Gasteiger partial charge is 0.497 e. The first-order valence-corrected chi connectivity index (χ1v) is 7.81. The Morgan fingerprint density at radius 1 is 1.33 bits per heavy atom. The quantitative estimate of drug-likeness (QED) is 0.817. The summed E-state index contributed by atoms with van der Waals surface area (Å²) < 4.78 is 15.5. The fourth-order valence-electron chi connectivity index (χ4n) is 2.80. The van der Waals surface area contributed by atoms with E-state index in [2.05, 4.69) is 5.32 Å². The highest BCUT2D eigenvalue weighted by Crippen LogP contribution is 2.30. The van der Waals surface area contributed by atoms with E-state index in [0.717, 1.165) is 0 Å². The van der Waals surface area contributed by atoms with Crippen LogP contribution in [0.25, 0.3) is 0 Å². The van der Waals surface area contributed by atoms with Crippen LogP contribution in [0.2, 0.25) is 0 Å². The van der Waals surface area contributed by atoms with Crippen molar-refractivity contribution >= 4 is 17.5 Å². The van der Waals surface area contributed by atoms with E-state index in [9.17, 15) is 9.59 Å². The smallest absolute Gasteiger partial charge is 0.229 e. The molecule has 1 heterocycles. The molecule has 24 heavy (non-hydrogen) atoms. The molecule has 7 nitrogen and oxygen atoms in total. The summed E-state index contributed by atoms with van der Waals surface area (Å²) in [5.74, 6) is 0.543. The standard InChI is InChI=1S/C17H24N2O5/c1-11(10-22-2)19-9-12(7-16(19)20)17(21)18-14-6-5-13(23-3)8-15(14)24-4/h5-6,8,11-12H,7,9-10H2,1-4H3,(H,18,21)/t11-,12+/m0/s1. The molecule has 0 aromatic heterocycles. The summed E-state index contributed by atoms with van der Waals surface area (Å²) in [6, 6.07) is 5.11. The van der Waals surface area contributed by atoms with E-state index in [1.165, 1.54) is 7.11 Å². The molecule has 2 amide bonds. The second-order valence-corrected chi connectivity index (χ2v) is 5.81. The zero-order valence-electron chi connectivity index (χ0n) is 14.5. The topological polar surface area (TPSA) is 77.1 Å². The number of likely N-dealkylation sites (tertiary alicyclic amines) is 1. The van der Waals surface area contributed by atoms with E-state index >= 15 is 0 Å². The summed E-state index contributed by atoms with van der Waals surface area (Å²) in [7, 11) is 4.68. The maximum Gasteiger partial charge on any atom is 0.229 e. The first-order valence-electron chi connectivity index (χ1n) is 7.81. The van der Waals surface area contributed by atoms with Gasteiger partial charge in [-0.25, -0.2) is 0 Å². The first-order chi connectivity index (χ1) is 11.5. The summed E-state index contributed by atoms with van der Waals surface area (Å²) in [6.45, 7) is 2.76. The minimum atomic E-state index is -0.386. The van der Waals surface area contributed by atoms with Gasteiger partial charge in [0.25, 0.3) is 0 Å². The van der Waals surface area contributed by atoms with Crippen LogP contribution in [0.3, 0.4) is 0 Å². The highest BCUT2D eigenvalue weighted by molar-refractivity contribution is 5.98. The molecule has 0 aliphatic carbocycles. The minimum Gasteiger partial charge on any atom is -0.497 e. The van der Waals surface area contributed by atoms with Gasteiger partial charge < -0.3 is 24.4 Å². The van der Waals surface area contributed by atoms with Crippen LogP contribution >= 0.6 is 0 Å². The Labute approximate surface area is 141 Å².